The maximum atomic E-state index is 12.2. The molecule has 2 atom stereocenters. The highest BCUT2D eigenvalue weighted by Gasteiger charge is 2.24. The molecular weight excluding hydrogens is 365 g/mol. The summed E-state index contributed by atoms with van der Waals surface area (Å²) in [6.07, 6.45) is 4.64. The lowest BCUT2D eigenvalue weighted by Crippen LogP contribution is -2.44. The van der Waals surface area contributed by atoms with Gasteiger partial charge in [0.25, 0.3) is 0 Å². The van der Waals surface area contributed by atoms with Crippen LogP contribution in [-0.4, -0.2) is 43.5 Å². The summed E-state index contributed by atoms with van der Waals surface area (Å²) in [6, 6.07) is 4.34. The van der Waals surface area contributed by atoms with Crippen LogP contribution in [0.3, 0.4) is 0 Å². The van der Waals surface area contributed by atoms with E-state index in [0.29, 0.717) is 5.92 Å². The standard InChI is InChI=1S/C17H27N3OS.2ClH/c21-17(15-5-1-7-18-11-15)19-10-14-4-2-8-20(12-14)13-16-6-3-9-22-16;;/h3,6,9,14-15,18H,1-2,4-5,7-8,10-13H2,(H,19,21);2*1H. The van der Waals surface area contributed by atoms with Crippen molar-refractivity contribution in [2.45, 2.75) is 32.2 Å². The Kier molecular flexibility index (Phi) is 10.2. The quantitative estimate of drug-likeness (QED) is 0.807. The Morgan fingerprint density at radius 3 is 2.92 bits per heavy atom. The molecular formula is C17H29Cl2N3OS. The topological polar surface area (TPSA) is 44.4 Å². The number of hydrogen-bond acceptors (Lipinski definition) is 4. The SMILES string of the molecule is Cl.Cl.O=C(NCC1CCCN(Cc2cccs2)C1)C1CCCNC1. The van der Waals surface area contributed by atoms with Crippen molar-refractivity contribution in [1.29, 1.82) is 0 Å². The third-order valence-electron chi connectivity index (χ3n) is 4.80. The van der Waals surface area contributed by atoms with Crippen LogP contribution in [-0.2, 0) is 11.3 Å². The third-order valence-corrected chi connectivity index (χ3v) is 5.66. The molecule has 1 aromatic rings. The molecule has 2 unspecified atom stereocenters. The van der Waals surface area contributed by atoms with Crippen molar-refractivity contribution >= 4 is 42.1 Å². The lowest BCUT2D eigenvalue weighted by atomic mass is 9.96. The van der Waals surface area contributed by atoms with Gasteiger partial charge in [-0.05, 0) is 56.1 Å². The highest BCUT2D eigenvalue weighted by molar-refractivity contribution is 7.09. The lowest BCUT2D eigenvalue weighted by molar-refractivity contribution is -0.125. The zero-order chi connectivity index (χ0) is 15.2. The molecule has 3 heterocycles. The summed E-state index contributed by atoms with van der Waals surface area (Å²) in [5.74, 6) is 1.04. The fourth-order valence-electron chi connectivity index (χ4n) is 3.55. The molecule has 3 rings (SSSR count). The van der Waals surface area contributed by atoms with Gasteiger partial charge in [-0.2, -0.15) is 0 Å². The predicted octanol–water partition coefficient (Wildman–Crippen LogP) is 2.92. The van der Waals surface area contributed by atoms with Crippen molar-refractivity contribution in [2.75, 3.05) is 32.7 Å². The Morgan fingerprint density at radius 1 is 1.33 bits per heavy atom. The minimum atomic E-state index is 0. The van der Waals surface area contributed by atoms with Gasteiger partial charge in [-0.15, -0.1) is 36.2 Å². The summed E-state index contributed by atoms with van der Waals surface area (Å²) in [6.45, 7) is 6.12. The van der Waals surface area contributed by atoms with Gasteiger partial charge in [-0.3, -0.25) is 9.69 Å². The maximum absolute atomic E-state index is 12.2. The molecule has 24 heavy (non-hydrogen) atoms. The Balaban J connectivity index is 0.00000144. The van der Waals surface area contributed by atoms with Crippen LogP contribution in [0.5, 0.6) is 0 Å². The first-order chi connectivity index (χ1) is 10.8. The molecule has 0 bridgehead atoms. The molecule has 0 spiro atoms. The fourth-order valence-corrected chi connectivity index (χ4v) is 4.30. The molecule has 0 saturated carbocycles. The van der Waals surface area contributed by atoms with E-state index in [2.05, 4.69) is 33.0 Å². The number of halogens is 2. The van der Waals surface area contributed by atoms with Crippen LogP contribution in [0.4, 0.5) is 0 Å². The summed E-state index contributed by atoms with van der Waals surface area (Å²) in [5.41, 5.74) is 0. The first-order valence-corrected chi connectivity index (χ1v) is 9.42. The number of piperidine rings is 2. The van der Waals surface area contributed by atoms with Crippen LogP contribution in [0.2, 0.25) is 0 Å². The first-order valence-electron chi connectivity index (χ1n) is 8.54. The first kappa shape index (κ1) is 21.7. The smallest absolute Gasteiger partial charge is 0.224 e. The molecule has 2 saturated heterocycles. The zero-order valence-electron chi connectivity index (χ0n) is 14.0. The number of carbonyl (C=O) groups is 1. The lowest BCUT2D eigenvalue weighted by Gasteiger charge is -2.33. The molecule has 2 aliphatic rings. The van der Waals surface area contributed by atoms with Gasteiger partial charge in [0.2, 0.25) is 5.91 Å². The molecule has 0 radical (unpaired) electrons. The van der Waals surface area contributed by atoms with Gasteiger partial charge < -0.3 is 10.6 Å². The van der Waals surface area contributed by atoms with Gasteiger partial charge in [-0.1, -0.05) is 6.07 Å². The van der Waals surface area contributed by atoms with Gasteiger partial charge in [-0.25, -0.2) is 0 Å². The number of carbonyl (C=O) groups excluding carboxylic acids is 1. The van der Waals surface area contributed by atoms with Crippen molar-refractivity contribution in [2.24, 2.45) is 11.8 Å². The molecule has 1 amide bonds. The minimum Gasteiger partial charge on any atom is -0.355 e. The number of nitrogens with one attached hydrogen (secondary N) is 2. The van der Waals surface area contributed by atoms with Crippen LogP contribution >= 0.6 is 36.2 Å². The van der Waals surface area contributed by atoms with Crippen molar-refractivity contribution in [3.63, 3.8) is 0 Å². The highest BCUT2D eigenvalue weighted by Crippen LogP contribution is 2.20. The Labute approximate surface area is 161 Å². The van der Waals surface area contributed by atoms with Gasteiger partial charge in [0, 0.05) is 31.1 Å². The van der Waals surface area contributed by atoms with Crippen molar-refractivity contribution < 1.29 is 4.79 Å². The third kappa shape index (κ3) is 6.52. The number of rotatable bonds is 5. The van der Waals surface area contributed by atoms with E-state index in [1.807, 2.05) is 11.3 Å². The summed E-state index contributed by atoms with van der Waals surface area (Å²) in [5, 5.41) is 8.66. The van der Waals surface area contributed by atoms with Crippen LogP contribution in [0.25, 0.3) is 0 Å². The monoisotopic (exact) mass is 393 g/mol. The van der Waals surface area contributed by atoms with E-state index in [9.17, 15) is 4.79 Å². The molecule has 0 aromatic carbocycles. The highest BCUT2D eigenvalue weighted by atomic mass is 35.5. The summed E-state index contributed by atoms with van der Waals surface area (Å²) in [4.78, 5) is 16.2. The summed E-state index contributed by atoms with van der Waals surface area (Å²) < 4.78 is 0. The van der Waals surface area contributed by atoms with Crippen molar-refractivity contribution in [1.82, 2.24) is 15.5 Å². The summed E-state index contributed by atoms with van der Waals surface area (Å²) >= 11 is 1.84. The fraction of sp³-hybridized carbons (Fsp3) is 0.706. The van der Waals surface area contributed by atoms with Crippen LogP contribution < -0.4 is 10.6 Å². The molecule has 2 fully saturated rings. The average Bonchev–Trinajstić information content (AvgIpc) is 3.07. The summed E-state index contributed by atoms with van der Waals surface area (Å²) in [7, 11) is 0. The van der Waals surface area contributed by atoms with Gasteiger partial charge in [0.15, 0.2) is 0 Å². The molecule has 138 valence electrons. The normalized spacial score (nSPS) is 24.5. The Hall–Kier alpha value is -0.330. The zero-order valence-corrected chi connectivity index (χ0v) is 16.5. The second kappa shape index (κ2) is 11.3. The number of likely N-dealkylation sites (tertiary alicyclic amines) is 1. The van der Waals surface area contributed by atoms with Crippen LogP contribution in [0.15, 0.2) is 17.5 Å². The van der Waals surface area contributed by atoms with E-state index in [-0.39, 0.29) is 36.6 Å². The molecule has 0 aliphatic carbocycles. The Morgan fingerprint density at radius 2 is 2.21 bits per heavy atom. The molecule has 2 aliphatic heterocycles. The predicted molar refractivity (Wildman–Crippen MR) is 105 cm³/mol. The molecule has 7 heteroatoms. The largest absolute Gasteiger partial charge is 0.355 e. The van der Waals surface area contributed by atoms with E-state index in [1.54, 1.807) is 0 Å². The van der Waals surface area contributed by atoms with Gasteiger partial charge >= 0.3 is 0 Å². The second-order valence-corrected chi connectivity index (χ2v) is 7.64. The van der Waals surface area contributed by atoms with Crippen LogP contribution in [0, 0.1) is 11.8 Å². The number of amides is 1. The van der Waals surface area contributed by atoms with E-state index in [4.69, 9.17) is 0 Å². The van der Waals surface area contributed by atoms with Crippen LogP contribution in [0.1, 0.15) is 30.6 Å². The van der Waals surface area contributed by atoms with E-state index in [1.165, 1.54) is 24.3 Å². The Bertz CT molecular complexity index is 466. The number of thiophene rings is 1. The van der Waals surface area contributed by atoms with Crippen molar-refractivity contribution in [3.05, 3.63) is 22.4 Å². The average molecular weight is 394 g/mol. The van der Waals surface area contributed by atoms with E-state index >= 15 is 0 Å². The molecule has 1 aromatic heterocycles. The van der Waals surface area contributed by atoms with E-state index < -0.39 is 0 Å². The number of hydrogen-bond donors (Lipinski definition) is 2. The van der Waals surface area contributed by atoms with Gasteiger partial charge in [0.1, 0.15) is 0 Å². The minimum absolute atomic E-state index is 0. The maximum Gasteiger partial charge on any atom is 0.224 e. The van der Waals surface area contributed by atoms with Gasteiger partial charge in [0.05, 0.1) is 5.92 Å². The molecule has 4 nitrogen and oxygen atoms in total. The number of nitrogens with zero attached hydrogens (tertiary/aromatic N) is 1. The second-order valence-electron chi connectivity index (χ2n) is 6.61. The van der Waals surface area contributed by atoms with E-state index in [0.717, 1.165) is 45.6 Å². The molecule has 2 N–H and O–H groups in total. The van der Waals surface area contributed by atoms with Crippen molar-refractivity contribution in [3.8, 4) is 0 Å².